The molecule has 0 saturated carbocycles. The lowest BCUT2D eigenvalue weighted by Gasteiger charge is -1.93. The molecule has 0 N–H and O–H groups in total. The van der Waals surface area contributed by atoms with E-state index in [4.69, 9.17) is 5.26 Å². The largest absolute Gasteiger partial charge is 0.302 e. The zero-order valence-electron chi connectivity index (χ0n) is 7.25. The Kier molecular flexibility index (Phi) is 3.41. The van der Waals surface area contributed by atoms with Gasteiger partial charge < -0.3 is 4.79 Å². The van der Waals surface area contributed by atoms with Crippen molar-refractivity contribution < 1.29 is 9.18 Å². The Balaban J connectivity index is 3.05. The fourth-order valence-electron chi connectivity index (χ4n) is 0.906. The van der Waals surface area contributed by atoms with Gasteiger partial charge >= 0.3 is 0 Å². The molecule has 1 rings (SSSR count). The van der Waals surface area contributed by atoms with Crippen molar-refractivity contribution in [3.8, 4) is 17.9 Å². The minimum atomic E-state index is -0.470. The predicted molar refractivity (Wildman–Crippen MR) is 48.7 cm³/mol. The zero-order valence-corrected chi connectivity index (χ0v) is 7.25. The summed E-state index contributed by atoms with van der Waals surface area (Å²) in [5.41, 5.74) is 0.624. The number of benzene rings is 1. The van der Waals surface area contributed by atoms with Gasteiger partial charge in [-0.2, -0.15) is 5.26 Å². The molecule has 0 amide bonds. The van der Waals surface area contributed by atoms with Crippen LogP contribution in [0.2, 0.25) is 0 Å². The van der Waals surface area contributed by atoms with E-state index in [0.717, 1.165) is 6.07 Å². The van der Waals surface area contributed by atoms with Gasteiger partial charge in [-0.25, -0.2) is 4.39 Å². The Morgan fingerprint density at radius 1 is 1.43 bits per heavy atom. The number of carbonyl (C=O) groups is 1. The summed E-state index contributed by atoms with van der Waals surface area (Å²) < 4.78 is 12.7. The molecule has 0 unspecified atom stereocenters. The van der Waals surface area contributed by atoms with E-state index in [0.29, 0.717) is 11.8 Å². The van der Waals surface area contributed by atoms with Crippen molar-refractivity contribution in [2.24, 2.45) is 0 Å². The van der Waals surface area contributed by atoms with Gasteiger partial charge in [0.15, 0.2) is 0 Å². The van der Waals surface area contributed by atoms with Crippen LogP contribution in [-0.4, -0.2) is 6.29 Å². The summed E-state index contributed by atoms with van der Waals surface area (Å²) in [5, 5.41) is 8.65. The lowest BCUT2D eigenvalue weighted by molar-refractivity contribution is -0.107. The van der Waals surface area contributed by atoms with Crippen LogP contribution >= 0.6 is 0 Å². The SMILES string of the molecule is N#Cc1cc(F)ccc1C#CCC=O. The minimum Gasteiger partial charge on any atom is -0.302 e. The summed E-state index contributed by atoms with van der Waals surface area (Å²) in [7, 11) is 0. The molecular weight excluding hydrogens is 181 g/mol. The number of nitriles is 1. The van der Waals surface area contributed by atoms with E-state index >= 15 is 0 Å². The summed E-state index contributed by atoms with van der Waals surface area (Å²) >= 11 is 0. The molecule has 0 heterocycles. The molecule has 2 nitrogen and oxygen atoms in total. The van der Waals surface area contributed by atoms with Crippen molar-refractivity contribution in [1.29, 1.82) is 5.26 Å². The smallest absolute Gasteiger partial charge is 0.131 e. The molecule has 68 valence electrons. The van der Waals surface area contributed by atoms with Crippen molar-refractivity contribution >= 4 is 6.29 Å². The van der Waals surface area contributed by atoms with Crippen LogP contribution < -0.4 is 0 Å². The van der Waals surface area contributed by atoms with Crippen LogP contribution in [0.3, 0.4) is 0 Å². The van der Waals surface area contributed by atoms with E-state index in [1.807, 2.05) is 6.07 Å². The maximum atomic E-state index is 12.7. The Labute approximate surface area is 81.0 Å². The molecule has 0 bridgehead atoms. The van der Waals surface area contributed by atoms with Crippen molar-refractivity contribution in [3.63, 3.8) is 0 Å². The molecule has 14 heavy (non-hydrogen) atoms. The second-order valence-electron chi connectivity index (χ2n) is 2.47. The summed E-state index contributed by atoms with van der Waals surface area (Å²) in [6.07, 6.45) is 0.783. The monoisotopic (exact) mass is 187 g/mol. The van der Waals surface area contributed by atoms with Gasteiger partial charge in [-0.3, -0.25) is 0 Å². The summed E-state index contributed by atoms with van der Waals surface area (Å²) in [4.78, 5) is 9.98. The molecule has 0 saturated heterocycles. The van der Waals surface area contributed by atoms with E-state index in [9.17, 15) is 9.18 Å². The average Bonchev–Trinajstić information content (AvgIpc) is 2.20. The molecule has 0 aliphatic heterocycles. The van der Waals surface area contributed by atoms with Gasteiger partial charge in [0.05, 0.1) is 12.0 Å². The van der Waals surface area contributed by atoms with Crippen LogP contribution in [0.15, 0.2) is 18.2 Å². The third-order valence-corrected chi connectivity index (χ3v) is 1.51. The van der Waals surface area contributed by atoms with Gasteiger partial charge in [-0.15, -0.1) is 0 Å². The van der Waals surface area contributed by atoms with Gasteiger partial charge in [0.1, 0.15) is 18.2 Å². The number of halogens is 1. The number of hydrogen-bond acceptors (Lipinski definition) is 2. The quantitative estimate of drug-likeness (QED) is 0.495. The molecule has 0 aromatic heterocycles. The van der Waals surface area contributed by atoms with E-state index < -0.39 is 5.82 Å². The Bertz CT molecular complexity index is 449. The van der Waals surface area contributed by atoms with Crippen LogP contribution in [0.5, 0.6) is 0 Å². The molecule has 1 aromatic rings. The Hall–Kier alpha value is -2.13. The first-order chi connectivity index (χ1) is 6.77. The van der Waals surface area contributed by atoms with Gasteiger partial charge in [0.2, 0.25) is 0 Å². The van der Waals surface area contributed by atoms with Crippen molar-refractivity contribution in [2.45, 2.75) is 6.42 Å². The summed E-state index contributed by atoms with van der Waals surface area (Å²) in [6.45, 7) is 0. The number of nitrogens with zero attached hydrogens (tertiary/aromatic N) is 1. The molecule has 3 heteroatoms. The molecule has 0 atom stereocenters. The predicted octanol–water partition coefficient (Wildman–Crippen LogP) is 1.64. The minimum absolute atomic E-state index is 0.113. The molecule has 0 spiro atoms. The van der Waals surface area contributed by atoms with Crippen LogP contribution in [0, 0.1) is 29.0 Å². The third-order valence-electron chi connectivity index (χ3n) is 1.51. The first-order valence-electron chi connectivity index (χ1n) is 3.90. The standard InChI is InChI=1S/C11H6FNO/c12-11-5-4-9(3-1-2-6-14)10(7-11)8-13/h4-7H,2H2. The number of aldehydes is 1. The van der Waals surface area contributed by atoms with Crippen molar-refractivity contribution in [2.75, 3.05) is 0 Å². The second-order valence-corrected chi connectivity index (χ2v) is 2.47. The van der Waals surface area contributed by atoms with E-state index in [1.54, 1.807) is 0 Å². The van der Waals surface area contributed by atoms with Gasteiger partial charge in [-0.1, -0.05) is 11.8 Å². The first-order valence-corrected chi connectivity index (χ1v) is 3.90. The van der Waals surface area contributed by atoms with Crippen LogP contribution in [0.25, 0.3) is 0 Å². The number of hydrogen-bond donors (Lipinski definition) is 0. The maximum Gasteiger partial charge on any atom is 0.131 e. The molecule has 0 fully saturated rings. The van der Waals surface area contributed by atoms with Gasteiger partial charge in [-0.05, 0) is 18.2 Å². The Morgan fingerprint density at radius 2 is 2.21 bits per heavy atom. The average molecular weight is 187 g/mol. The molecule has 0 aliphatic rings. The van der Waals surface area contributed by atoms with Crippen LogP contribution in [-0.2, 0) is 4.79 Å². The van der Waals surface area contributed by atoms with E-state index in [-0.39, 0.29) is 12.0 Å². The van der Waals surface area contributed by atoms with Crippen molar-refractivity contribution in [3.05, 3.63) is 35.1 Å². The lowest BCUT2D eigenvalue weighted by atomic mass is 10.1. The molecule has 1 aromatic carbocycles. The fraction of sp³-hybridized carbons (Fsp3) is 0.0909. The van der Waals surface area contributed by atoms with Crippen molar-refractivity contribution in [1.82, 2.24) is 0 Å². The number of carbonyl (C=O) groups excluding carboxylic acids is 1. The van der Waals surface area contributed by atoms with Gasteiger partial charge in [0.25, 0.3) is 0 Å². The van der Waals surface area contributed by atoms with Crippen LogP contribution in [0.1, 0.15) is 17.5 Å². The molecular formula is C11H6FNO. The maximum absolute atomic E-state index is 12.7. The van der Waals surface area contributed by atoms with Gasteiger partial charge in [0, 0.05) is 5.56 Å². The third kappa shape index (κ3) is 2.43. The normalized spacial score (nSPS) is 8.29. The summed E-state index contributed by atoms with van der Waals surface area (Å²) in [6, 6.07) is 5.60. The van der Waals surface area contributed by atoms with E-state index in [2.05, 4.69) is 11.8 Å². The lowest BCUT2D eigenvalue weighted by Crippen LogP contribution is -1.85. The highest BCUT2D eigenvalue weighted by Gasteiger charge is 1.99. The number of rotatable bonds is 1. The Morgan fingerprint density at radius 3 is 2.86 bits per heavy atom. The highest BCUT2D eigenvalue weighted by atomic mass is 19.1. The highest BCUT2D eigenvalue weighted by Crippen LogP contribution is 2.08. The van der Waals surface area contributed by atoms with Crippen LogP contribution in [0.4, 0.5) is 4.39 Å². The second kappa shape index (κ2) is 4.79. The molecule has 0 aliphatic carbocycles. The molecule has 0 radical (unpaired) electrons. The topological polar surface area (TPSA) is 40.9 Å². The van der Waals surface area contributed by atoms with E-state index in [1.165, 1.54) is 12.1 Å². The first kappa shape index (κ1) is 9.95. The zero-order chi connectivity index (χ0) is 10.4. The fourth-order valence-corrected chi connectivity index (χ4v) is 0.906. The summed E-state index contributed by atoms with van der Waals surface area (Å²) in [5.74, 6) is 4.71. The highest BCUT2D eigenvalue weighted by molar-refractivity contribution is 5.56.